The van der Waals surface area contributed by atoms with E-state index in [4.69, 9.17) is 43.1 Å². The highest BCUT2D eigenvalue weighted by atomic mass is 35.5. The van der Waals surface area contributed by atoms with Gasteiger partial charge in [-0.05, 0) is 6.07 Å². The van der Waals surface area contributed by atoms with Crippen LogP contribution < -0.4 is 15.2 Å². The zero-order valence-corrected chi connectivity index (χ0v) is 22.2. The predicted octanol–water partition coefficient (Wildman–Crippen LogP) is 4.14. The van der Waals surface area contributed by atoms with Gasteiger partial charge < -0.3 is 30.0 Å². The fraction of sp³-hybridized carbons (Fsp3) is 0.280. The molecule has 1 aliphatic heterocycles. The number of halogens is 2. The van der Waals surface area contributed by atoms with Crippen LogP contribution in [0.25, 0.3) is 22.2 Å². The zero-order valence-electron chi connectivity index (χ0n) is 20.7. The number of ether oxygens (including phenoxy) is 3. The number of methoxy groups -OCH3 is 2. The van der Waals surface area contributed by atoms with E-state index in [1.54, 1.807) is 18.3 Å². The second-order valence-corrected chi connectivity index (χ2v) is 8.94. The summed E-state index contributed by atoms with van der Waals surface area (Å²) < 4.78 is 15.8. The van der Waals surface area contributed by atoms with Gasteiger partial charge in [0.15, 0.2) is 5.95 Å². The number of carboxylic acid groups (broad SMARTS) is 1. The number of nitrogens with zero attached hydrogens (tertiary/aromatic N) is 4. The van der Waals surface area contributed by atoms with Gasteiger partial charge in [-0.15, -0.1) is 0 Å². The van der Waals surface area contributed by atoms with Crippen molar-refractivity contribution >= 4 is 46.2 Å². The third-order valence-corrected chi connectivity index (χ3v) is 6.59. The Hall–Kier alpha value is -3.64. The fourth-order valence-corrected chi connectivity index (χ4v) is 4.71. The van der Waals surface area contributed by atoms with E-state index in [1.165, 1.54) is 32.7 Å². The molecule has 1 aliphatic rings. The average molecular weight is 561 g/mol. The molecule has 2 aromatic heterocycles. The minimum Gasteiger partial charge on any atom is -0.495 e. The van der Waals surface area contributed by atoms with Crippen molar-refractivity contribution in [2.45, 2.75) is 6.54 Å². The number of carbonyl (C=O) groups is 1. The Morgan fingerprint density at radius 1 is 1.08 bits per heavy atom. The molecule has 0 bridgehead atoms. The molecular formula is C25H26Cl2N6O5. The largest absolute Gasteiger partial charge is 0.495 e. The van der Waals surface area contributed by atoms with Crippen LogP contribution in [0.15, 0.2) is 36.8 Å². The summed E-state index contributed by atoms with van der Waals surface area (Å²) in [6, 6.07) is 4.60. The molecule has 0 saturated carbocycles. The number of imidazole rings is 1. The van der Waals surface area contributed by atoms with E-state index in [2.05, 4.69) is 24.8 Å². The maximum atomic E-state index is 11.4. The maximum Gasteiger partial charge on any atom is 0.337 e. The van der Waals surface area contributed by atoms with Gasteiger partial charge >= 0.3 is 5.97 Å². The SMILES string of the molecule is COc1cc(OC)c(Cl)c(-c2ccc(C(=O)O)c3nccnc23)c1Cl.Nc1ncc(CN2CCOCC2)[nH]1. The normalized spacial score (nSPS) is 13.6. The van der Waals surface area contributed by atoms with E-state index >= 15 is 0 Å². The molecule has 0 aliphatic carbocycles. The number of nitrogen functional groups attached to an aromatic ring is 1. The van der Waals surface area contributed by atoms with Crippen molar-refractivity contribution in [1.29, 1.82) is 0 Å². The zero-order chi connectivity index (χ0) is 27.2. The molecule has 1 saturated heterocycles. The van der Waals surface area contributed by atoms with Crippen molar-refractivity contribution in [2.24, 2.45) is 0 Å². The summed E-state index contributed by atoms with van der Waals surface area (Å²) in [5, 5.41) is 9.89. The third kappa shape index (κ3) is 5.91. The van der Waals surface area contributed by atoms with E-state index in [1.807, 2.05) is 0 Å². The molecule has 0 atom stereocenters. The molecule has 38 heavy (non-hydrogen) atoms. The van der Waals surface area contributed by atoms with Crippen LogP contribution in [0.5, 0.6) is 11.5 Å². The molecule has 3 heterocycles. The molecule has 5 rings (SSSR count). The molecular weight excluding hydrogens is 535 g/mol. The summed E-state index contributed by atoms with van der Waals surface area (Å²) in [5.74, 6) is 0.135. The number of fused-ring (bicyclic) bond motifs is 1. The van der Waals surface area contributed by atoms with Crippen LogP contribution in [0.3, 0.4) is 0 Å². The molecule has 0 spiro atoms. The van der Waals surface area contributed by atoms with Crippen LogP contribution in [0.4, 0.5) is 5.95 Å². The standard InChI is InChI=1S/C17H12Cl2N2O4.C8H14N4O/c1-24-10-7-11(25-2)14(19)12(13(10)18)8-3-4-9(17(22)23)16-15(8)20-5-6-21-16;9-8-10-5-7(11-8)6-12-1-3-13-4-2-12/h3-7H,1-2H3,(H,22,23);5H,1-4,6H2,(H3,9,10,11). The molecule has 4 aromatic rings. The van der Waals surface area contributed by atoms with Gasteiger partial charge in [-0.3, -0.25) is 14.9 Å². The number of morpholine rings is 1. The summed E-state index contributed by atoms with van der Waals surface area (Å²) >= 11 is 12.9. The first-order valence-corrected chi connectivity index (χ1v) is 12.3. The topological polar surface area (TPSA) is 149 Å². The van der Waals surface area contributed by atoms with E-state index in [9.17, 15) is 9.90 Å². The third-order valence-electron chi connectivity index (χ3n) is 5.84. The smallest absolute Gasteiger partial charge is 0.337 e. The van der Waals surface area contributed by atoms with Crippen molar-refractivity contribution in [2.75, 3.05) is 46.3 Å². The number of anilines is 1. The van der Waals surface area contributed by atoms with Crippen molar-refractivity contribution in [3.8, 4) is 22.6 Å². The Labute approximate surface area is 228 Å². The molecule has 0 amide bonds. The number of H-pyrrole nitrogens is 1. The minimum atomic E-state index is -1.10. The average Bonchev–Trinajstić information content (AvgIpc) is 3.34. The van der Waals surface area contributed by atoms with Gasteiger partial charge in [-0.1, -0.05) is 29.3 Å². The molecule has 13 heteroatoms. The first kappa shape index (κ1) is 27.4. The lowest BCUT2D eigenvalue weighted by molar-refractivity contribution is 0.0337. The summed E-state index contributed by atoms with van der Waals surface area (Å²) in [5.41, 5.74) is 8.14. The molecule has 2 aromatic carbocycles. The molecule has 1 fully saturated rings. The molecule has 200 valence electrons. The highest BCUT2D eigenvalue weighted by Crippen LogP contribution is 2.47. The van der Waals surface area contributed by atoms with Crippen LogP contribution >= 0.6 is 23.2 Å². The Bertz CT molecular complexity index is 1410. The van der Waals surface area contributed by atoms with Gasteiger partial charge in [-0.2, -0.15) is 0 Å². The second kappa shape index (κ2) is 12.3. The quantitative estimate of drug-likeness (QED) is 0.314. The number of aromatic nitrogens is 4. The van der Waals surface area contributed by atoms with Crippen molar-refractivity contribution in [3.63, 3.8) is 0 Å². The summed E-state index contributed by atoms with van der Waals surface area (Å²) in [4.78, 5) is 29.1. The van der Waals surface area contributed by atoms with Gasteiger partial charge in [-0.25, -0.2) is 9.78 Å². The van der Waals surface area contributed by atoms with E-state index < -0.39 is 5.97 Å². The lowest BCUT2D eigenvalue weighted by Crippen LogP contribution is -2.35. The summed E-state index contributed by atoms with van der Waals surface area (Å²) in [6.07, 6.45) is 4.68. The Kier molecular flexibility index (Phi) is 8.85. The highest BCUT2D eigenvalue weighted by molar-refractivity contribution is 6.41. The van der Waals surface area contributed by atoms with Crippen LogP contribution in [-0.2, 0) is 11.3 Å². The van der Waals surface area contributed by atoms with Crippen molar-refractivity contribution < 1.29 is 24.1 Å². The Morgan fingerprint density at radius 3 is 2.26 bits per heavy atom. The number of benzene rings is 2. The number of hydrogen-bond acceptors (Lipinski definition) is 9. The molecule has 11 nitrogen and oxygen atoms in total. The van der Waals surface area contributed by atoms with Gasteiger partial charge in [0.2, 0.25) is 0 Å². The monoisotopic (exact) mass is 560 g/mol. The second-order valence-electron chi connectivity index (χ2n) is 8.19. The Balaban J connectivity index is 0.000000216. The summed E-state index contributed by atoms with van der Waals surface area (Å²) in [6.45, 7) is 4.50. The number of hydrogen-bond donors (Lipinski definition) is 3. The lowest BCUT2D eigenvalue weighted by atomic mass is 10.00. The van der Waals surface area contributed by atoms with Gasteiger partial charge in [0.25, 0.3) is 0 Å². The molecule has 0 unspecified atom stereocenters. The van der Waals surface area contributed by atoms with Crippen LogP contribution in [0.2, 0.25) is 10.0 Å². The first-order valence-electron chi connectivity index (χ1n) is 11.5. The number of rotatable bonds is 6. The van der Waals surface area contributed by atoms with E-state index in [0.29, 0.717) is 34.1 Å². The lowest BCUT2D eigenvalue weighted by Gasteiger charge is -2.25. The van der Waals surface area contributed by atoms with Crippen molar-refractivity contribution in [1.82, 2.24) is 24.8 Å². The van der Waals surface area contributed by atoms with E-state index in [-0.39, 0.29) is 21.1 Å². The molecule has 0 radical (unpaired) electrons. The number of aromatic carboxylic acids is 1. The van der Waals surface area contributed by atoms with E-state index in [0.717, 1.165) is 38.5 Å². The van der Waals surface area contributed by atoms with Crippen LogP contribution in [-0.4, -0.2) is 76.4 Å². The number of nitrogens with one attached hydrogen (secondary N) is 1. The highest BCUT2D eigenvalue weighted by Gasteiger charge is 2.23. The maximum absolute atomic E-state index is 11.4. The fourth-order valence-electron chi connectivity index (χ4n) is 4.01. The van der Waals surface area contributed by atoms with Crippen LogP contribution in [0.1, 0.15) is 16.1 Å². The van der Waals surface area contributed by atoms with Crippen LogP contribution in [0, 0.1) is 0 Å². The Morgan fingerprint density at radius 2 is 1.71 bits per heavy atom. The first-order chi connectivity index (χ1) is 18.3. The minimum absolute atomic E-state index is 0.0361. The van der Waals surface area contributed by atoms with Gasteiger partial charge in [0.05, 0.1) is 60.4 Å². The predicted molar refractivity (Wildman–Crippen MR) is 144 cm³/mol. The van der Waals surface area contributed by atoms with Gasteiger partial charge in [0.1, 0.15) is 17.0 Å². The van der Waals surface area contributed by atoms with Gasteiger partial charge in [0, 0.05) is 49.2 Å². The number of aromatic amines is 1. The summed E-state index contributed by atoms with van der Waals surface area (Å²) in [7, 11) is 2.95. The molecule has 4 N–H and O–H groups in total. The number of nitrogens with two attached hydrogens (primary N) is 1. The number of carboxylic acids is 1. The van der Waals surface area contributed by atoms with Crippen molar-refractivity contribution in [3.05, 3.63) is 58.1 Å².